The molecule has 1 aliphatic carbocycles. The maximum absolute atomic E-state index is 3.52. The Hall–Kier alpha value is -1.86. The molecule has 1 nitrogen and oxygen atoms in total. The first-order valence-corrected chi connectivity index (χ1v) is 12.0. The molecule has 0 aliphatic heterocycles. The van der Waals surface area contributed by atoms with Crippen molar-refractivity contribution in [3.63, 3.8) is 0 Å². The highest BCUT2D eigenvalue weighted by atomic mass is 15.1. The molecule has 0 amide bonds. The van der Waals surface area contributed by atoms with E-state index in [0.29, 0.717) is 0 Å². The Morgan fingerprint density at radius 3 is 1.94 bits per heavy atom. The summed E-state index contributed by atoms with van der Waals surface area (Å²) in [4.78, 5) is 2.34. The molecule has 0 aromatic heterocycles. The lowest BCUT2D eigenvalue weighted by Gasteiger charge is -2.29. The number of hydrogen-bond acceptors (Lipinski definition) is 1. The Kier molecular flexibility index (Phi) is 14.9. The van der Waals surface area contributed by atoms with E-state index in [9.17, 15) is 0 Å². The fourth-order valence-electron chi connectivity index (χ4n) is 3.97. The molecule has 1 aliphatic rings. The summed E-state index contributed by atoms with van der Waals surface area (Å²) in [7, 11) is 4.38. The van der Waals surface area contributed by atoms with Crippen LogP contribution in [0.15, 0.2) is 65.3 Å². The molecule has 0 spiro atoms. The molecule has 0 saturated heterocycles. The van der Waals surface area contributed by atoms with Crippen LogP contribution < -0.4 is 0 Å². The van der Waals surface area contributed by atoms with Crippen LogP contribution in [-0.4, -0.2) is 25.5 Å². The molecule has 0 atom stereocenters. The zero-order valence-corrected chi connectivity index (χ0v) is 22.2. The fraction of sp³-hybridized carbons (Fsp3) is 0.533. The van der Waals surface area contributed by atoms with Crippen molar-refractivity contribution in [1.82, 2.24) is 4.90 Å². The molecule has 1 saturated carbocycles. The lowest BCUT2D eigenvalue weighted by Crippen LogP contribution is -2.24. The van der Waals surface area contributed by atoms with Gasteiger partial charge in [0.15, 0.2) is 0 Å². The van der Waals surface area contributed by atoms with Gasteiger partial charge >= 0.3 is 0 Å². The zero-order valence-electron chi connectivity index (χ0n) is 22.2. The van der Waals surface area contributed by atoms with Crippen LogP contribution in [0.5, 0.6) is 0 Å². The quantitative estimate of drug-likeness (QED) is 0.427. The van der Waals surface area contributed by atoms with Gasteiger partial charge in [0.25, 0.3) is 0 Å². The molecule has 174 valence electrons. The van der Waals surface area contributed by atoms with E-state index in [0.717, 1.165) is 5.92 Å². The summed E-state index contributed by atoms with van der Waals surface area (Å²) in [5, 5.41) is 0. The van der Waals surface area contributed by atoms with Gasteiger partial charge in [-0.2, -0.15) is 0 Å². The third-order valence-corrected chi connectivity index (χ3v) is 5.68. The lowest BCUT2D eigenvalue weighted by atomic mass is 9.79. The number of nitrogens with zero attached hydrogens (tertiary/aromatic N) is 1. The second-order valence-corrected chi connectivity index (χ2v) is 9.10. The third kappa shape index (κ3) is 10.8. The van der Waals surface area contributed by atoms with Gasteiger partial charge < -0.3 is 4.90 Å². The van der Waals surface area contributed by atoms with E-state index in [1.54, 1.807) is 11.6 Å². The summed E-state index contributed by atoms with van der Waals surface area (Å²) >= 11 is 0. The SMILES string of the molecule is C=CC=C(C)C.CC.CC(C)=C(C)C(=C1CCC(CN(C)C)CC1)c1ccccc1C. The Morgan fingerprint density at radius 1 is 1.00 bits per heavy atom. The van der Waals surface area contributed by atoms with Crippen molar-refractivity contribution in [3.8, 4) is 0 Å². The molecular formula is C30H49N. The Labute approximate surface area is 194 Å². The van der Waals surface area contributed by atoms with E-state index >= 15 is 0 Å². The molecule has 0 unspecified atom stereocenters. The molecule has 1 aromatic rings. The van der Waals surface area contributed by atoms with E-state index in [-0.39, 0.29) is 0 Å². The molecular weight excluding hydrogens is 374 g/mol. The molecule has 2 rings (SSSR count). The van der Waals surface area contributed by atoms with Gasteiger partial charge in [-0.05, 0) is 110 Å². The highest BCUT2D eigenvalue weighted by molar-refractivity contribution is 5.83. The number of benzene rings is 1. The predicted octanol–water partition coefficient (Wildman–Crippen LogP) is 9.02. The highest BCUT2D eigenvalue weighted by Crippen LogP contribution is 2.38. The first-order valence-electron chi connectivity index (χ1n) is 12.0. The average molecular weight is 424 g/mol. The normalized spacial score (nSPS) is 15.1. The molecule has 31 heavy (non-hydrogen) atoms. The first-order chi connectivity index (χ1) is 14.7. The van der Waals surface area contributed by atoms with Crippen molar-refractivity contribution < 1.29 is 0 Å². The summed E-state index contributed by atoms with van der Waals surface area (Å²) in [5.74, 6) is 0.860. The Morgan fingerprint density at radius 2 is 1.55 bits per heavy atom. The van der Waals surface area contributed by atoms with Gasteiger partial charge in [-0.1, -0.05) is 73.6 Å². The van der Waals surface area contributed by atoms with E-state index in [1.165, 1.54) is 65.6 Å². The highest BCUT2D eigenvalue weighted by Gasteiger charge is 2.21. The molecule has 0 radical (unpaired) electrons. The standard InChI is InChI=1S/C22H33N.C6H10.C2H6/c1-16(2)18(4)22(21-10-8-7-9-17(21)3)20-13-11-19(12-14-20)15-23(5)6;1-4-5-6(2)3;1-2/h7-10,19H,11-15H2,1-6H3;4-5H,1H2,2-3H3;1-2H3. The van der Waals surface area contributed by atoms with Crippen LogP contribution in [0.25, 0.3) is 5.57 Å². The van der Waals surface area contributed by atoms with Crippen LogP contribution in [0.4, 0.5) is 0 Å². The van der Waals surface area contributed by atoms with Gasteiger partial charge in [0.2, 0.25) is 0 Å². The number of hydrogen-bond donors (Lipinski definition) is 0. The maximum atomic E-state index is 3.52. The predicted molar refractivity (Wildman–Crippen MR) is 144 cm³/mol. The summed E-state index contributed by atoms with van der Waals surface area (Å²) in [6, 6.07) is 8.87. The van der Waals surface area contributed by atoms with Crippen LogP contribution in [0.3, 0.4) is 0 Å². The van der Waals surface area contributed by atoms with Gasteiger partial charge in [0.1, 0.15) is 0 Å². The van der Waals surface area contributed by atoms with E-state index < -0.39 is 0 Å². The van der Waals surface area contributed by atoms with Crippen molar-refractivity contribution in [2.24, 2.45) is 5.92 Å². The molecule has 1 heteroatoms. The average Bonchev–Trinajstić information content (AvgIpc) is 2.72. The van der Waals surface area contributed by atoms with Crippen LogP contribution in [0.2, 0.25) is 0 Å². The molecule has 1 fully saturated rings. The molecule has 0 bridgehead atoms. The second kappa shape index (κ2) is 15.9. The zero-order chi connectivity index (χ0) is 24.0. The van der Waals surface area contributed by atoms with E-state index in [4.69, 9.17) is 0 Å². The van der Waals surface area contributed by atoms with E-state index in [2.05, 4.69) is 77.5 Å². The summed E-state index contributed by atoms with van der Waals surface area (Å²) in [5.41, 5.74) is 10.2. The molecule has 1 aromatic carbocycles. The second-order valence-electron chi connectivity index (χ2n) is 9.10. The Bertz CT molecular complexity index is 740. The largest absolute Gasteiger partial charge is 0.309 e. The van der Waals surface area contributed by atoms with Crippen molar-refractivity contribution in [3.05, 3.63) is 76.4 Å². The van der Waals surface area contributed by atoms with Gasteiger partial charge in [0, 0.05) is 6.54 Å². The van der Waals surface area contributed by atoms with Crippen molar-refractivity contribution in [1.29, 1.82) is 0 Å². The monoisotopic (exact) mass is 423 g/mol. The number of allylic oxidation sites excluding steroid dienone is 7. The fourth-order valence-corrected chi connectivity index (χ4v) is 3.97. The molecule has 0 N–H and O–H groups in total. The summed E-state index contributed by atoms with van der Waals surface area (Å²) < 4.78 is 0. The Balaban J connectivity index is 0.000000970. The minimum absolute atomic E-state index is 0.860. The minimum Gasteiger partial charge on any atom is -0.309 e. The van der Waals surface area contributed by atoms with Crippen molar-refractivity contribution >= 4 is 5.57 Å². The maximum Gasteiger partial charge on any atom is 0.000378 e. The van der Waals surface area contributed by atoms with Crippen molar-refractivity contribution in [2.75, 3.05) is 20.6 Å². The number of aryl methyl sites for hydroxylation is 1. The molecule has 0 heterocycles. The first kappa shape index (κ1) is 29.1. The summed E-state index contributed by atoms with van der Waals surface area (Å²) in [6.07, 6.45) is 8.94. The lowest BCUT2D eigenvalue weighted by molar-refractivity contribution is 0.284. The third-order valence-electron chi connectivity index (χ3n) is 5.68. The smallest absolute Gasteiger partial charge is 0.000378 e. The minimum atomic E-state index is 0.860. The van der Waals surface area contributed by atoms with Crippen LogP contribution >= 0.6 is 0 Å². The van der Waals surface area contributed by atoms with Gasteiger partial charge in [-0.15, -0.1) is 0 Å². The topological polar surface area (TPSA) is 3.24 Å². The summed E-state index contributed by atoms with van der Waals surface area (Å²) in [6.45, 7) is 21.9. The van der Waals surface area contributed by atoms with Crippen LogP contribution in [0, 0.1) is 12.8 Å². The van der Waals surface area contributed by atoms with Gasteiger partial charge in [-0.25, -0.2) is 0 Å². The van der Waals surface area contributed by atoms with Gasteiger partial charge in [0.05, 0.1) is 0 Å². The van der Waals surface area contributed by atoms with Crippen LogP contribution in [0.1, 0.15) is 85.3 Å². The van der Waals surface area contributed by atoms with Crippen LogP contribution in [-0.2, 0) is 0 Å². The van der Waals surface area contributed by atoms with Crippen molar-refractivity contribution in [2.45, 2.75) is 81.1 Å². The number of rotatable bonds is 5. The van der Waals surface area contributed by atoms with E-state index in [1.807, 2.05) is 33.8 Å². The van der Waals surface area contributed by atoms with Gasteiger partial charge in [-0.3, -0.25) is 0 Å².